The van der Waals surface area contributed by atoms with Crippen molar-refractivity contribution in [1.82, 2.24) is 9.97 Å². The van der Waals surface area contributed by atoms with Crippen LogP contribution in [0.4, 0.5) is 8.78 Å². The van der Waals surface area contributed by atoms with Crippen molar-refractivity contribution in [3.63, 3.8) is 0 Å². The van der Waals surface area contributed by atoms with Crippen LogP contribution in [0.2, 0.25) is 0 Å². The molecule has 2 heterocycles. The lowest BCUT2D eigenvalue weighted by Crippen LogP contribution is -2.39. The minimum absolute atomic E-state index is 0.0105. The molecule has 11 heteroatoms. The molecule has 2 aliphatic rings. The van der Waals surface area contributed by atoms with Gasteiger partial charge in [-0.1, -0.05) is 23.7 Å². The van der Waals surface area contributed by atoms with E-state index in [9.17, 15) is 17.2 Å². The Kier molecular flexibility index (Phi) is 5.70. The molecule has 172 valence electrons. The summed E-state index contributed by atoms with van der Waals surface area (Å²) in [4.78, 5) is 12.3. The normalized spacial score (nSPS) is 26.7. The molecule has 3 atom stereocenters. The molecule has 7 nitrogen and oxygen atoms in total. The van der Waals surface area contributed by atoms with E-state index in [1.807, 2.05) is 0 Å². The Balaban J connectivity index is 1.68. The van der Waals surface area contributed by atoms with Crippen LogP contribution in [0.15, 0.2) is 35.6 Å². The molecule has 0 radical (unpaired) electrons. The van der Waals surface area contributed by atoms with Crippen LogP contribution in [-0.4, -0.2) is 40.5 Å². The SMILES string of the molecule is C#CCOc1cnc(/C(F)=C/c2ccc(F)c([C@@]3(C)N=C(N)S[C@@]4(S(C)(=O)=O)CC43)c2)cn1. The summed E-state index contributed by atoms with van der Waals surface area (Å²) in [5, 5.41) is 0.0746. The summed E-state index contributed by atoms with van der Waals surface area (Å²) in [6.07, 6.45) is 10.2. The number of ether oxygens (including phenoxy) is 1. The number of hydrogen-bond acceptors (Lipinski definition) is 8. The van der Waals surface area contributed by atoms with Crippen molar-refractivity contribution >= 4 is 38.7 Å². The van der Waals surface area contributed by atoms with Gasteiger partial charge in [-0.15, -0.1) is 6.42 Å². The van der Waals surface area contributed by atoms with Crippen molar-refractivity contribution in [3.8, 4) is 18.2 Å². The van der Waals surface area contributed by atoms with Gasteiger partial charge in [-0.2, -0.15) is 0 Å². The van der Waals surface area contributed by atoms with Crippen LogP contribution in [0.1, 0.15) is 30.2 Å². The van der Waals surface area contributed by atoms with Crippen molar-refractivity contribution < 1.29 is 21.9 Å². The highest BCUT2D eigenvalue weighted by Gasteiger charge is 2.72. The summed E-state index contributed by atoms with van der Waals surface area (Å²) in [5.41, 5.74) is 5.19. The van der Waals surface area contributed by atoms with E-state index in [2.05, 4.69) is 20.9 Å². The summed E-state index contributed by atoms with van der Waals surface area (Å²) in [6, 6.07) is 4.05. The van der Waals surface area contributed by atoms with E-state index in [0.717, 1.165) is 18.0 Å². The van der Waals surface area contributed by atoms with Gasteiger partial charge in [0.2, 0.25) is 5.88 Å². The molecule has 1 aromatic heterocycles. The summed E-state index contributed by atoms with van der Waals surface area (Å²) in [5.74, 6) is 0.703. The third kappa shape index (κ3) is 4.09. The molecule has 1 aliphatic heterocycles. The number of amidine groups is 1. The predicted molar refractivity (Wildman–Crippen MR) is 124 cm³/mol. The van der Waals surface area contributed by atoms with E-state index in [0.29, 0.717) is 12.0 Å². The Morgan fingerprint density at radius 1 is 1.42 bits per heavy atom. The Labute approximate surface area is 194 Å². The van der Waals surface area contributed by atoms with Crippen LogP contribution in [-0.2, 0) is 15.4 Å². The number of hydrogen-bond donors (Lipinski definition) is 1. The van der Waals surface area contributed by atoms with Crippen molar-refractivity contribution in [2.75, 3.05) is 12.9 Å². The highest BCUT2D eigenvalue weighted by Crippen LogP contribution is 2.68. The third-order valence-corrected chi connectivity index (χ3v) is 9.75. The largest absolute Gasteiger partial charge is 0.463 e. The summed E-state index contributed by atoms with van der Waals surface area (Å²) >= 11 is 1.000. The standard InChI is InChI=1S/C22H20F2N4O3S2/c1-4-7-31-19-12-26-17(11-27-19)16(24)9-13-5-6-15(23)14(8-13)21(2)18-10-22(18,33(3,29)30)32-20(25)28-21/h1,5-6,8-9,11-12,18H,7,10H2,2-3H3,(H2,25,28)/b16-9-/t18?,21-,22-/m1/s1. The zero-order valence-electron chi connectivity index (χ0n) is 17.7. The molecule has 1 unspecified atom stereocenters. The quantitative estimate of drug-likeness (QED) is 0.620. The fourth-order valence-corrected chi connectivity index (χ4v) is 7.36. The first-order valence-corrected chi connectivity index (χ1v) is 12.5. The molecule has 0 amide bonds. The van der Waals surface area contributed by atoms with Crippen LogP contribution in [0.3, 0.4) is 0 Å². The molecule has 33 heavy (non-hydrogen) atoms. The van der Waals surface area contributed by atoms with Gasteiger partial charge in [0.25, 0.3) is 0 Å². The lowest BCUT2D eigenvalue weighted by Gasteiger charge is -2.33. The topological polar surface area (TPSA) is 108 Å². The number of nitrogens with zero attached hydrogens (tertiary/aromatic N) is 3. The van der Waals surface area contributed by atoms with Crippen LogP contribution < -0.4 is 10.5 Å². The number of terminal acetylenes is 1. The number of fused-ring (bicyclic) bond motifs is 1. The highest BCUT2D eigenvalue weighted by atomic mass is 32.3. The number of nitrogens with two attached hydrogens (primary N) is 1. The van der Waals surface area contributed by atoms with E-state index in [1.54, 1.807) is 6.92 Å². The third-order valence-electron chi connectivity index (χ3n) is 5.79. The van der Waals surface area contributed by atoms with Crippen LogP contribution >= 0.6 is 11.8 Å². The molecular formula is C22H20F2N4O3S2. The minimum Gasteiger partial charge on any atom is -0.463 e. The molecular weight excluding hydrogens is 470 g/mol. The van der Waals surface area contributed by atoms with Crippen molar-refractivity contribution in [2.24, 2.45) is 16.6 Å². The first-order valence-electron chi connectivity index (χ1n) is 9.80. The second-order valence-electron chi connectivity index (χ2n) is 8.00. The monoisotopic (exact) mass is 490 g/mol. The zero-order valence-corrected chi connectivity index (χ0v) is 19.4. The lowest BCUT2D eigenvalue weighted by atomic mass is 9.86. The van der Waals surface area contributed by atoms with E-state index >= 15 is 0 Å². The minimum atomic E-state index is -3.48. The first kappa shape index (κ1) is 23.2. The van der Waals surface area contributed by atoms with Gasteiger partial charge in [0, 0.05) is 17.7 Å². The van der Waals surface area contributed by atoms with Crippen molar-refractivity contribution in [1.29, 1.82) is 0 Å². The first-order chi connectivity index (χ1) is 15.5. The molecule has 1 aromatic carbocycles. The number of halogens is 2. The van der Waals surface area contributed by atoms with Crippen LogP contribution in [0.25, 0.3) is 11.9 Å². The second-order valence-corrected chi connectivity index (χ2v) is 11.9. The van der Waals surface area contributed by atoms with Gasteiger partial charge in [-0.25, -0.2) is 27.2 Å². The molecule has 1 saturated carbocycles. The Morgan fingerprint density at radius 3 is 2.82 bits per heavy atom. The predicted octanol–water partition coefficient (Wildman–Crippen LogP) is 3.13. The Morgan fingerprint density at radius 2 is 2.18 bits per heavy atom. The molecule has 0 spiro atoms. The van der Waals surface area contributed by atoms with Gasteiger partial charge in [0.15, 0.2) is 27.4 Å². The summed E-state index contributed by atoms with van der Waals surface area (Å²) < 4.78 is 58.6. The number of thioether (sulfide) groups is 1. The van der Waals surface area contributed by atoms with Crippen molar-refractivity contribution in [3.05, 3.63) is 53.2 Å². The maximum absolute atomic E-state index is 14.9. The van der Waals surface area contributed by atoms with Crippen LogP contribution in [0.5, 0.6) is 5.88 Å². The van der Waals surface area contributed by atoms with E-state index in [-0.39, 0.29) is 28.9 Å². The second kappa shape index (κ2) is 8.11. The van der Waals surface area contributed by atoms with E-state index in [1.165, 1.54) is 36.7 Å². The molecule has 2 aromatic rings. The molecule has 0 saturated heterocycles. The van der Waals surface area contributed by atoms with Crippen LogP contribution in [0, 0.1) is 24.1 Å². The Bertz CT molecular complexity index is 1320. The number of sulfone groups is 1. The van der Waals surface area contributed by atoms with Gasteiger partial charge in [-0.05, 0) is 37.1 Å². The van der Waals surface area contributed by atoms with Gasteiger partial charge in [0.05, 0.1) is 17.9 Å². The Hall–Kier alpha value is -2.97. The number of rotatable bonds is 6. The fraction of sp³-hybridized carbons (Fsp3) is 0.318. The van der Waals surface area contributed by atoms with Crippen molar-refractivity contribution in [2.45, 2.75) is 23.0 Å². The highest BCUT2D eigenvalue weighted by molar-refractivity contribution is 8.24. The molecule has 2 N–H and O–H groups in total. The molecule has 4 rings (SSSR count). The molecule has 0 bridgehead atoms. The van der Waals surface area contributed by atoms with Gasteiger partial charge >= 0.3 is 0 Å². The average Bonchev–Trinajstić information content (AvgIpc) is 3.51. The lowest BCUT2D eigenvalue weighted by molar-refractivity contribution is 0.353. The maximum Gasteiger partial charge on any atom is 0.233 e. The average molecular weight is 491 g/mol. The fourth-order valence-electron chi connectivity index (χ4n) is 4.08. The number of aromatic nitrogens is 2. The molecule has 1 aliphatic carbocycles. The molecule has 1 fully saturated rings. The van der Waals surface area contributed by atoms with Gasteiger partial charge in [0.1, 0.15) is 15.6 Å². The van der Waals surface area contributed by atoms with Gasteiger partial charge < -0.3 is 10.5 Å². The zero-order chi connectivity index (χ0) is 24.0. The maximum atomic E-state index is 14.9. The summed E-state index contributed by atoms with van der Waals surface area (Å²) in [6.45, 7) is 1.66. The van der Waals surface area contributed by atoms with E-state index in [4.69, 9.17) is 16.9 Å². The number of benzene rings is 1. The van der Waals surface area contributed by atoms with Gasteiger partial charge in [-0.3, -0.25) is 4.99 Å². The smallest absolute Gasteiger partial charge is 0.233 e. The number of aliphatic imine (C=N–C) groups is 1. The summed E-state index contributed by atoms with van der Waals surface area (Å²) in [7, 11) is -3.48. The van der Waals surface area contributed by atoms with E-state index < -0.39 is 37.0 Å².